The molecule has 0 aromatic carbocycles. The molecule has 11 heteroatoms. The Morgan fingerprint density at radius 3 is 1.50 bits per heavy atom. The molecule has 0 aliphatic heterocycles. The number of aromatic nitrogens is 1. The van der Waals surface area contributed by atoms with Gasteiger partial charge in [0.1, 0.15) is 11.4 Å². The van der Waals surface area contributed by atoms with Crippen LogP contribution in [0.2, 0.25) is 0 Å². The molecule has 0 spiro atoms. The first-order valence-corrected chi connectivity index (χ1v) is 6.24. The van der Waals surface area contributed by atoms with Crippen LogP contribution in [0.1, 0.15) is 11.4 Å². The van der Waals surface area contributed by atoms with E-state index in [-0.39, 0.29) is 12.1 Å². The van der Waals surface area contributed by atoms with Gasteiger partial charge in [0.05, 0.1) is 4.90 Å². The molecule has 1 heterocycles. The van der Waals surface area contributed by atoms with E-state index in [2.05, 4.69) is 4.98 Å². The Morgan fingerprint density at radius 1 is 0.944 bits per heavy atom. The van der Waals surface area contributed by atoms with Gasteiger partial charge in [-0.3, -0.25) is 0 Å². The number of halogens is 7. The Hall–Kier alpha value is -1.03. The minimum Gasteiger partial charge on any atom is -0.239 e. The maximum absolute atomic E-state index is 12.3. The van der Waals surface area contributed by atoms with Crippen molar-refractivity contribution >= 4 is 19.7 Å². The van der Waals surface area contributed by atoms with E-state index in [9.17, 15) is 34.8 Å². The van der Waals surface area contributed by atoms with Crippen LogP contribution in [0, 0.1) is 0 Å². The highest BCUT2D eigenvalue weighted by Gasteiger charge is 2.39. The monoisotopic (exact) mass is 313 g/mol. The molecule has 1 rings (SSSR count). The minimum atomic E-state index is -5.22. The molecule has 0 bridgehead atoms. The van der Waals surface area contributed by atoms with E-state index in [1.165, 1.54) is 0 Å². The molecule has 0 fully saturated rings. The molecular weight excluding hydrogens is 312 g/mol. The standard InChI is InChI=1S/C7H2ClF6NO2S/c8-18(16,17)3-1-4(6(9,10)11)15-5(2-3)7(12,13)14/h1-2H. The highest BCUT2D eigenvalue weighted by Crippen LogP contribution is 2.35. The highest BCUT2D eigenvalue weighted by molar-refractivity contribution is 8.13. The lowest BCUT2D eigenvalue weighted by Crippen LogP contribution is -2.16. The zero-order valence-corrected chi connectivity index (χ0v) is 9.54. The third kappa shape index (κ3) is 3.48. The van der Waals surface area contributed by atoms with E-state index in [1.807, 2.05) is 0 Å². The molecule has 0 amide bonds. The maximum atomic E-state index is 12.3. The molecule has 3 nitrogen and oxygen atoms in total. The zero-order chi connectivity index (χ0) is 14.4. The van der Waals surface area contributed by atoms with Crippen molar-refractivity contribution in [3.8, 4) is 0 Å². The van der Waals surface area contributed by atoms with Crippen LogP contribution in [-0.4, -0.2) is 13.4 Å². The number of hydrogen-bond acceptors (Lipinski definition) is 3. The zero-order valence-electron chi connectivity index (χ0n) is 7.97. The Kier molecular flexibility index (Phi) is 3.56. The third-order valence-corrected chi connectivity index (χ3v) is 2.99. The second-order valence-electron chi connectivity index (χ2n) is 3.01. The van der Waals surface area contributed by atoms with Gasteiger partial charge in [0.2, 0.25) is 0 Å². The van der Waals surface area contributed by atoms with Crippen molar-refractivity contribution in [1.82, 2.24) is 4.98 Å². The average molecular weight is 314 g/mol. The van der Waals surface area contributed by atoms with Gasteiger partial charge in [-0.25, -0.2) is 13.4 Å². The number of nitrogens with zero attached hydrogens (tertiary/aromatic N) is 1. The van der Waals surface area contributed by atoms with Gasteiger partial charge in [-0.1, -0.05) is 0 Å². The first-order chi connectivity index (χ1) is 7.82. The van der Waals surface area contributed by atoms with Crippen molar-refractivity contribution in [1.29, 1.82) is 0 Å². The number of alkyl halides is 6. The van der Waals surface area contributed by atoms with Crippen molar-refractivity contribution in [2.45, 2.75) is 17.2 Å². The third-order valence-electron chi connectivity index (χ3n) is 1.66. The summed E-state index contributed by atoms with van der Waals surface area (Å²) in [5, 5.41) is 0. The lowest BCUT2D eigenvalue weighted by atomic mass is 10.3. The molecule has 0 atom stereocenters. The predicted octanol–water partition coefficient (Wildman–Crippen LogP) is 3.05. The van der Waals surface area contributed by atoms with Crippen LogP contribution in [-0.2, 0) is 21.4 Å². The van der Waals surface area contributed by atoms with E-state index in [0.717, 1.165) is 0 Å². The van der Waals surface area contributed by atoms with Crippen LogP contribution in [0.3, 0.4) is 0 Å². The maximum Gasteiger partial charge on any atom is 0.433 e. The van der Waals surface area contributed by atoms with Crippen molar-refractivity contribution in [2.24, 2.45) is 0 Å². The first-order valence-electron chi connectivity index (χ1n) is 3.93. The van der Waals surface area contributed by atoms with Gasteiger partial charge in [0, 0.05) is 10.7 Å². The first kappa shape index (κ1) is 15.0. The van der Waals surface area contributed by atoms with E-state index in [0.29, 0.717) is 0 Å². The Morgan fingerprint density at radius 2 is 1.28 bits per heavy atom. The summed E-state index contributed by atoms with van der Waals surface area (Å²) < 4.78 is 95.1. The molecule has 0 unspecified atom stereocenters. The van der Waals surface area contributed by atoms with Gasteiger partial charge in [-0.05, 0) is 12.1 Å². The lowest BCUT2D eigenvalue weighted by Gasteiger charge is -2.11. The van der Waals surface area contributed by atoms with Crippen LogP contribution in [0.25, 0.3) is 0 Å². The number of rotatable bonds is 1. The fourth-order valence-electron chi connectivity index (χ4n) is 0.937. The van der Waals surface area contributed by atoms with Crippen molar-refractivity contribution in [3.63, 3.8) is 0 Å². The van der Waals surface area contributed by atoms with E-state index >= 15 is 0 Å². The van der Waals surface area contributed by atoms with Crippen LogP contribution >= 0.6 is 10.7 Å². The van der Waals surface area contributed by atoms with Crippen LogP contribution in [0.5, 0.6) is 0 Å². The van der Waals surface area contributed by atoms with Gasteiger partial charge in [0.15, 0.2) is 0 Å². The normalized spacial score (nSPS) is 13.7. The molecule has 0 N–H and O–H groups in total. The molecule has 0 aliphatic carbocycles. The Bertz CT molecular complexity index is 532. The van der Waals surface area contributed by atoms with Crippen LogP contribution in [0.15, 0.2) is 17.0 Å². The van der Waals surface area contributed by atoms with Gasteiger partial charge in [0.25, 0.3) is 9.05 Å². The fraction of sp³-hybridized carbons (Fsp3) is 0.286. The molecule has 0 saturated heterocycles. The van der Waals surface area contributed by atoms with Gasteiger partial charge in [-0.15, -0.1) is 0 Å². The summed E-state index contributed by atoms with van der Waals surface area (Å²) in [4.78, 5) is 0.996. The van der Waals surface area contributed by atoms with E-state index in [1.54, 1.807) is 0 Å². The van der Waals surface area contributed by atoms with Gasteiger partial charge >= 0.3 is 12.4 Å². The molecule has 1 aromatic rings. The fourth-order valence-corrected chi connectivity index (χ4v) is 1.71. The van der Waals surface area contributed by atoms with Crippen LogP contribution in [0.4, 0.5) is 26.3 Å². The predicted molar refractivity (Wildman–Crippen MR) is 47.3 cm³/mol. The van der Waals surface area contributed by atoms with Crippen LogP contribution < -0.4 is 0 Å². The SMILES string of the molecule is O=S(=O)(Cl)c1cc(C(F)(F)F)nc(C(F)(F)F)c1. The van der Waals surface area contributed by atoms with Gasteiger partial charge in [-0.2, -0.15) is 26.3 Å². The summed E-state index contributed by atoms with van der Waals surface area (Å²) >= 11 is 0. The molecular formula is C7H2ClF6NO2S. The molecule has 18 heavy (non-hydrogen) atoms. The minimum absolute atomic E-state index is 0.0719. The van der Waals surface area contributed by atoms with E-state index in [4.69, 9.17) is 10.7 Å². The Labute approximate surface area is 101 Å². The largest absolute Gasteiger partial charge is 0.433 e. The quantitative estimate of drug-likeness (QED) is 0.591. The summed E-state index contributed by atoms with van der Waals surface area (Å²) in [6, 6.07) is -0.144. The van der Waals surface area contributed by atoms with Crippen molar-refractivity contribution in [3.05, 3.63) is 23.5 Å². The molecule has 0 saturated carbocycles. The highest BCUT2D eigenvalue weighted by atomic mass is 35.7. The second-order valence-corrected chi connectivity index (χ2v) is 5.57. The lowest BCUT2D eigenvalue weighted by molar-refractivity contribution is -0.150. The summed E-state index contributed by atoms with van der Waals surface area (Å²) in [5.74, 6) is 0. The summed E-state index contributed by atoms with van der Waals surface area (Å²) in [6.07, 6.45) is -10.4. The summed E-state index contributed by atoms with van der Waals surface area (Å²) in [6.45, 7) is 0. The topological polar surface area (TPSA) is 47.0 Å². The van der Waals surface area contributed by atoms with E-state index < -0.39 is 37.7 Å². The van der Waals surface area contributed by atoms with Crippen molar-refractivity contribution in [2.75, 3.05) is 0 Å². The molecule has 1 aromatic heterocycles. The Balaban J connectivity index is 3.60. The van der Waals surface area contributed by atoms with Crippen molar-refractivity contribution < 1.29 is 34.8 Å². The number of hydrogen-bond donors (Lipinski definition) is 0. The second kappa shape index (κ2) is 4.26. The summed E-state index contributed by atoms with van der Waals surface area (Å²) in [7, 11) is -0.0237. The smallest absolute Gasteiger partial charge is 0.239 e. The summed E-state index contributed by atoms with van der Waals surface area (Å²) in [5.41, 5.74) is -3.98. The van der Waals surface area contributed by atoms with Gasteiger partial charge < -0.3 is 0 Å². The molecule has 0 radical (unpaired) electrons. The number of pyridine rings is 1. The average Bonchev–Trinajstić information content (AvgIpc) is 2.13. The molecule has 102 valence electrons. The molecule has 0 aliphatic rings.